The first-order chi connectivity index (χ1) is 17.3. The molecule has 1 aliphatic rings. The fraction of sp³-hybridized carbons (Fsp3) is 0.346. The van der Waals surface area contributed by atoms with E-state index in [9.17, 15) is 26.4 Å². The Labute approximate surface area is 213 Å². The van der Waals surface area contributed by atoms with Crippen LogP contribution in [-0.4, -0.2) is 52.0 Å². The molecule has 0 atom stereocenters. The van der Waals surface area contributed by atoms with Gasteiger partial charge < -0.3 is 19.1 Å². The lowest BCUT2D eigenvalue weighted by Gasteiger charge is -2.22. The molecule has 1 amide bonds. The number of likely N-dealkylation sites (N-methyl/N-ethyl adjacent to an activating group) is 1. The Balaban J connectivity index is 1.65. The first-order valence-electron chi connectivity index (χ1n) is 11.6. The van der Waals surface area contributed by atoms with Crippen LogP contribution >= 0.6 is 0 Å². The summed E-state index contributed by atoms with van der Waals surface area (Å²) in [5, 5.41) is 4.19. The van der Waals surface area contributed by atoms with Gasteiger partial charge in [0.05, 0.1) is 5.54 Å². The molecule has 0 spiro atoms. The van der Waals surface area contributed by atoms with Crippen molar-refractivity contribution in [3.63, 3.8) is 0 Å². The van der Waals surface area contributed by atoms with Crippen LogP contribution in [0.5, 0.6) is 11.5 Å². The fourth-order valence-corrected chi connectivity index (χ4v) is 4.50. The number of carbonyl (C=O) groups is 1. The Hall–Kier alpha value is -3.31. The average Bonchev–Trinajstić information content (AvgIpc) is 3.58. The number of fused-ring (bicyclic) bond motifs is 1. The van der Waals surface area contributed by atoms with Crippen LogP contribution < -0.4 is 14.2 Å². The molecule has 3 aromatic rings. The molecule has 7 nitrogen and oxygen atoms in total. The Bertz CT molecular complexity index is 1430. The molecule has 0 aromatic heterocycles. The van der Waals surface area contributed by atoms with E-state index in [1.54, 1.807) is 49.4 Å². The van der Waals surface area contributed by atoms with Gasteiger partial charge in [-0.15, -0.1) is 0 Å². The summed E-state index contributed by atoms with van der Waals surface area (Å²) in [7, 11) is -2.00. The van der Waals surface area contributed by atoms with E-state index in [0.29, 0.717) is 53.6 Å². The Morgan fingerprint density at radius 1 is 1.05 bits per heavy atom. The highest BCUT2D eigenvalue weighted by atomic mass is 32.2. The summed E-state index contributed by atoms with van der Waals surface area (Å²) < 4.78 is 72.3. The number of hydrogen-bond acceptors (Lipinski definition) is 6. The summed E-state index contributed by atoms with van der Waals surface area (Å²) in [4.78, 5) is 15.3. The van der Waals surface area contributed by atoms with E-state index in [0.717, 1.165) is 5.56 Å². The number of nitrogens with one attached hydrogen (secondary N) is 1. The fourth-order valence-electron chi connectivity index (χ4n) is 4.05. The minimum atomic E-state index is -5.86. The van der Waals surface area contributed by atoms with Crippen molar-refractivity contribution >= 4 is 26.8 Å². The van der Waals surface area contributed by atoms with Gasteiger partial charge in [-0.2, -0.15) is 21.6 Å². The van der Waals surface area contributed by atoms with E-state index in [4.69, 9.17) is 4.74 Å². The molecule has 0 unspecified atom stereocenters. The number of ether oxygens (including phenoxy) is 1. The maximum atomic E-state index is 13.4. The molecule has 1 saturated carbocycles. The van der Waals surface area contributed by atoms with Crippen LogP contribution in [0.1, 0.15) is 34.3 Å². The van der Waals surface area contributed by atoms with Gasteiger partial charge >= 0.3 is 15.6 Å². The van der Waals surface area contributed by atoms with E-state index in [1.807, 2.05) is 19.0 Å². The van der Waals surface area contributed by atoms with Gasteiger partial charge in [0.1, 0.15) is 18.1 Å². The summed E-state index contributed by atoms with van der Waals surface area (Å²) in [6, 6.07) is 14.6. The Morgan fingerprint density at radius 2 is 1.76 bits per heavy atom. The van der Waals surface area contributed by atoms with Crippen molar-refractivity contribution in [2.75, 3.05) is 27.2 Å². The number of amides is 1. The molecule has 1 aliphatic carbocycles. The van der Waals surface area contributed by atoms with Crippen LogP contribution in [-0.2, 0) is 15.7 Å². The molecule has 0 bridgehead atoms. The smallest absolute Gasteiger partial charge is 0.492 e. The number of carbonyl (C=O) groups excluding carboxylic acids is 1. The van der Waals surface area contributed by atoms with Gasteiger partial charge in [0, 0.05) is 12.1 Å². The summed E-state index contributed by atoms with van der Waals surface area (Å²) >= 11 is 0. The zero-order valence-corrected chi connectivity index (χ0v) is 21.4. The first-order valence-corrected chi connectivity index (χ1v) is 13.0. The van der Waals surface area contributed by atoms with Crippen molar-refractivity contribution < 1.29 is 35.3 Å². The van der Waals surface area contributed by atoms with Crippen LogP contribution in [0.15, 0.2) is 54.6 Å². The highest BCUT2D eigenvalue weighted by Crippen LogP contribution is 2.49. The molecular formula is C26H27F3N2O5S. The maximum absolute atomic E-state index is 13.4. The maximum Gasteiger partial charge on any atom is 0.534 e. The van der Waals surface area contributed by atoms with Gasteiger partial charge in [-0.05, 0) is 80.0 Å². The molecule has 0 radical (unpaired) electrons. The molecule has 0 heterocycles. The van der Waals surface area contributed by atoms with E-state index in [-0.39, 0.29) is 5.91 Å². The molecule has 4 rings (SSSR count). The predicted molar refractivity (Wildman–Crippen MR) is 133 cm³/mol. The third-order valence-electron chi connectivity index (χ3n) is 6.20. The SMILES string of the molecule is Cc1ccc(OCCN(C)C)cc1C(=O)NC1(c2cc(OS(=O)(=O)C(F)(F)F)cc3ccccc23)CC1. The highest BCUT2D eigenvalue weighted by molar-refractivity contribution is 7.88. The number of rotatable bonds is 9. The van der Waals surface area contributed by atoms with Crippen LogP contribution in [0.2, 0.25) is 0 Å². The number of nitrogens with zero attached hydrogens (tertiary/aromatic N) is 1. The van der Waals surface area contributed by atoms with Crippen molar-refractivity contribution in [2.45, 2.75) is 30.8 Å². The standard InChI is InChI=1S/C26H27F3N2O5S/c1-17-8-9-19(35-13-12-31(2)3)15-22(17)24(32)30-25(10-11-25)23-16-20(36-37(33,34)26(27,28)29)14-18-6-4-5-7-21(18)23/h4-9,14-16H,10-13H2,1-3H3,(H,30,32). The third-order valence-corrected chi connectivity index (χ3v) is 7.18. The van der Waals surface area contributed by atoms with Gasteiger partial charge in [-0.25, -0.2) is 0 Å². The average molecular weight is 537 g/mol. The van der Waals surface area contributed by atoms with Crippen LogP contribution in [0.3, 0.4) is 0 Å². The molecule has 1 N–H and O–H groups in total. The van der Waals surface area contributed by atoms with E-state index >= 15 is 0 Å². The van der Waals surface area contributed by atoms with Crippen LogP contribution in [0, 0.1) is 6.92 Å². The third kappa shape index (κ3) is 5.83. The number of benzene rings is 3. The second-order valence-corrected chi connectivity index (χ2v) is 10.9. The largest absolute Gasteiger partial charge is 0.534 e. The number of alkyl halides is 3. The highest BCUT2D eigenvalue weighted by Gasteiger charge is 2.50. The van der Waals surface area contributed by atoms with Crippen LogP contribution in [0.25, 0.3) is 10.8 Å². The van der Waals surface area contributed by atoms with Crippen molar-refractivity contribution in [3.8, 4) is 11.5 Å². The monoisotopic (exact) mass is 536 g/mol. The van der Waals surface area contributed by atoms with Gasteiger partial charge in [-0.3, -0.25) is 4.79 Å². The summed E-state index contributed by atoms with van der Waals surface area (Å²) in [5.41, 5.74) is -4.83. The lowest BCUT2D eigenvalue weighted by molar-refractivity contribution is -0.0500. The van der Waals surface area contributed by atoms with Crippen molar-refractivity contribution in [2.24, 2.45) is 0 Å². The predicted octanol–water partition coefficient (Wildman–Crippen LogP) is 4.74. The minimum absolute atomic E-state index is 0.369. The number of aryl methyl sites for hydroxylation is 1. The van der Waals surface area contributed by atoms with Gasteiger partial charge in [0.2, 0.25) is 0 Å². The van der Waals surface area contributed by atoms with Crippen molar-refractivity contribution in [1.82, 2.24) is 10.2 Å². The Morgan fingerprint density at radius 3 is 2.41 bits per heavy atom. The van der Waals surface area contributed by atoms with E-state index < -0.39 is 26.9 Å². The molecule has 198 valence electrons. The molecule has 37 heavy (non-hydrogen) atoms. The normalized spacial score (nSPS) is 15.0. The zero-order chi connectivity index (χ0) is 27.0. The van der Waals surface area contributed by atoms with Crippen LogP contribution in [0.4, 0.5) is 13.2 Å². The quantitative estimate of drug-likeness (QED) is 0.314. The summed E-state index contributed by atoms with van der Waals surface area (Å²) in [6.45, 7) is 2.94. The van der Waals surface area contributed by atoms with Crippen molar-refractivity contribution in [3.05, 3.63) is 71.3 Å². The van der Waals surface area contributed by atoms with Gasteiger partial charge in [0.25, 0.3) is 5.91 Å². The zero-order valence-electron chi connectivity index (χ0n) is 20.6. The molecule has 11 heteroatoms. The summed E-state index contributed by atoms with van der Waals surface area (Å²) in [5.74, 6) is -0.300. The molecular weight excluding hydrogens is 509 g/mol. The van der Waals surface area contributed by atoms with Gasteiger partial charge in [-0.1, -0.05) is 30.3 Å². The second-order valence-electron chi connectivity index (χ2n) is 9.34. The Kier molecular flexibility index (Phi) is 7.13. The van der Waals surface area contributed by atoms with Gasteiger partial charge in [0.15, 0.2) is 0 Å². The van der Waals surface area contributed by atoms with Crippen molar-refractivity contribution in [1.29, 1.82) is 0 Å². The first kappa shape index (κ1) is 26.7. The molecule has 1 fully saturated rings. The lowest BCUT2D eigenvalue weighted by Crippen LogP contribution is -2.35. The second kappa shape index (κ2) is 9.86. The molecule has 3 aromatic carbocycles. The lowest BCUT2D eigenvalue weighted by atomic mass is 9.95. The summed E-state index contributed by atoms with van der Waals surface area (Å²) in [6.07, 6.45) is 1.05. The van der Waals surface area contributed by atoms with E-state index in [1.165, 1.54) is 12.1 Å². The topological polar surface area (TPSA) is 84.9 Å². The molecule has 0 saturated heterocycles. The van der Waals surface area contributed by atoms with E-state index in [2.05, 4.69) is 9.50 Å². The minimum Gasteiger partial charge on any atom is -0.492 e. The number of hydrogen-bond donors (Lipinski definition) is 1. The molecule has 0 aliphatic heterocycles. The number of halogens is 3.